The van der Waals surface area contributed by atoms with E-state index >= 15 is 0 Å². The first-order chi connectivity index (χ1) is 23.9. The van der Waals surface area contributed by atoms with Gasteiger partial charge in [-0.1, -0.05) is 97.5 Å². The van der Waals surface area contributed by atoms with Crippen LogP contribution in [0.1, 0.15) is 38.2 Å². The Kier molecular flexibility index (Phi) is 9.37. The number of hydrogen-bond donors (Lipinski definition) is 1. The van der Waals surface area contributed by atoms with Crippen molar-refractivity contribution in [2.45, 2.75) is 55.5 Å². The molecule has 1 aromatic heterocycles. The Labute approximate surface area is 294 Å². The van der Waals surface area contributed by atoms with Crippen LogP contribution >= 0.6 is 23.5 Å². The SMILES string of the molecule is CCCCn1c(O)c(C(C=C2Sc3ccc4ccccc4c3N2C)C=C2Sc3ccc4ccccc4c3N2CC)c(=O)n(CCOC)c1=O. The predicted molar refractivity (Wildman–Crippen MR) is 203 cm³/mol. The zero-order valence-corrected chi connectivity index (χ0v) is 29.8. The molecule has 0 spiro atoms. The van der Waals surface area contributed by atoms with Gasteiger partial charge in [0, 0.05) is 53.7 Å². The number of nitrogens with zero attached hydrogens (tertiary/aromatic N) is 4. The third-order valence-electron chi connectivity index (χ3n) is 9.34. The molecular weight excluding hydrogens is 653 g/mol. The van der Waals surface area contributed by atoms with E-state index in [2.05, 4.69) is 83.5 Å². The van der Waals surface area contributed by atoms with Crippen molar-refractivity contribution in [1.29, 1.82) is 0 Å². The van der Waals surface area contributed by atoms with Crippen LogP contribution in [0.3, 0.4) is 0 Å². The first-order valence-corrected chi connectivity index (χ1v) is 18.4. The first-order valence-electron chi connectivity index (χ1n) is 16.8. The molecule has 252 valence electrons. The molecule has 2 aliphatic rings. The minimum Gasteiger partial charge on any atom is -0.494 e. The lowest BCUT2D eigenvalue weighted by atomic mass is 10.00. The largest absolute Gasteiger partial charge is 0.494 e. The summed E-state index contributed by atoms with van der Waals surface area (Å²) < 4.78 is 7.87. The van der Waals surface area contributed by atoms with Crippen LogP contribution in [-0.2, 0) is 17.8 Å². The molecule has 1 N–H and O–H groups in total. The summed E-state index contributed by atoms with van der Waals surface area (Å²) in [6, 6.07) is 25.3. The van der Waals surface area contributed by atoms with Gasteiger partial charge < -0.3 is 19.6 Å². The Morgan fingerprint density at radius 1 is 0.796 bits per heavy atom. The summed E-state index contributed by atoms with van der Waals surface area (Å²) in [4.78, 5) is 34.7. The van der Waals surface area contributed by atoms with Gasteiger partial charge in [0.15, 0.2) is 0 Å². The van der Waals surface area contributed by atoms with Crippen LogP contribution in [-0.4, -0.2) is 41.5 Å². The van der Waals surface area contributed by atoms with E-state index in [0.717, 1.165) is 60.3 Å². The number of rotatable bonds is 10. The van der Waals surface area contributed by atoms with Crippen molar-refractivity contribution in [2.24, 2.45) is 0 Å². The Balaban J connectivity index is 1.43. The smallest absolute Gasteiger partial charge is 0.333 e. The Hall–Kier alpha value is -4.38. The summed E-state index contributed by atoms with van der Waals surface area (Å²) in [7, 11) is 3.59. The number of thioether (sulfide) groups is 2. The molecule has 8 nitrogen and oxygen atoms in total. The van der Waals surface area contributed by atoms with Crippen LogP contribution in [0, 0.1) is 0 Å². The van der Waals surface area contributed by atoms with Gasteiger partial charge in [0.2, 0.25) is 5.88 Å². The van der Waals surface area contributed by atoms with Crippen molar-refractivity contribution in [3.05, 3.63) is 121 Å². The highest BCUT2D eigenvalue weighted by Crippen LogP contribution is 2.52. The molecule has 7 rings (SSSR count). The molecule has 3 heterocycles. The van der Waals surface area contributed by atoms with Crippen molar-refractivity contribution in [1.82, 2.24) is 9.13 Å². The highest BCUT2D eigenvalue weighted by Gasteiger charge is 2.32. The van der Waals surface area contributed by atoms with Gasteiger partial charge in [0.25, 0.3) is 5.56 Å². The van der Waals surface area contributed by atoms with E-state index in [1.807, 2.05) is 32.2 Å². The molecule has 0 fully saturated rings. The van der Waals surface area contributed by atoms with Gasteiger partial charge in [0.1, 0.15) is 0 Å². The van der Waals surface area contributed by atoms with Crippen molar-refractivity contribution in [2.75, 3.05) is 37.1 Å². The van der Waals surface area contributed by atoms with Crippen LogP contribution in [0.5, 0.6) is 5.88 Å². The van der Waals surface area contributed by atoms with Crippen molar-refractivity contribution in [3.63, 3.8) is 0 Å². The van der Waals surface area contributed by atoms with E-state index in [-0.39, 0.29) is 24.6 Å². The summed E-state index contributed by atoms with van der Waals surface area (Å²) in [6.45, 7) is 5.47. The van der Waals surface area contributed by atoms with Gasteiger partial charge in [0.05, 0.1) is 40.1 Å². The van der Waals surface area contributed by atoms with Crippen molar-refractivity contribution in [3.8, 4) is 5.88 Å². The number of aromatic nitrogens is 2. The lowest BCUT2D eigenvalue weighted by Crippen LogP contribution is -2.43. The molecule has 1 unspecified atom stereocenters. The Morgan fingerprint density at radius 2 is 1.41 bits per heavy atom. The van der Waals surface area contributed by atoms with Gasteiger partial charge in [-0.3, -0.25) is 13.9 Å². The summed E-state index contributed by atoms with van der Waals surface area (Å²) in [5, 5.41) is 18.4. The predicted octanol–water partition coefficient (Wildman–Crippen LogP) is 8.11. The minimum atomic E-state index is -0.655. The number of methoxy groups -OCH3 is 1. The number of hydrogen-bond acceptors (Lipinski definition) is 8. The number of anilines is 2. The maximum atomic E-state index is 14.4. The third-order valence-corrected chi connectivity index (χ3v) is 11.6. The Morgan fingerprint density at radius 3 is 2.06 bits per heavy atom. The van der Waals surface area contributed by atoms with E-state index < -0.39 is 17.2 Å². The van der Waals surface area contributed by atoms with Crippen LogP contribution < -0.4 is 21.0 Å². The fourth-order valence-corrected chi connectivity index (χ4v) is 9.20. The molecule has 0 radical (unpaired) electrons. The highest BCUT2D eigenvalue weighted by molar-refractivity contribution is 8.04. The quantitative estimate of drug-likeness (QED) is 0.157. The standard InChI is InChI=1S/C39H40N4O4S2/c1-5-7-20-42-37(44)34(38(45)43(39(42)46)21-22-47-4)27(23-32-40(3)35-28-14-10-8-12-25(28)16-18-30(35)48-32)24-33-41(6-2)36-29-15-11-9-13-26(29)17-19-31(36)49-33/h8-19,23-24,27,44H,5-7,20-22H2,1-4H3. The molecule has 5 aromatic rings. The van der Waals surface area contributed by atoms with Crippen molar-refractivity contribution < 1.29 is 9.84 Å². The number of fused-ring (bicyclic) bond motifs is 6. The molecule has 4 aromatic carbocycles. The molecule has 0 saturated heterocycles. The fourth-order valence-electron chi connectivity index (χ4n) is 6.83. The van der Waals surface area contributed by atoms with Gasteiger partial charge >= 0.3 is 5.69 Å². The third kappa shape index (κ3) is 5.85. The first kappa shape index (κ1) is 33.1. The summed E-state index contributed by atoms with van der Waals surface area (Å²) in [6.07, 6.45) is 5.66. The summed E-state index contributed by atoms with van der Waals surface area (Å²) >= 11 is 3.31. The molecule has 0 saturated carbocycles. The molecule has 2 aliphatic heterocycles. The van der Waals surface area contributed by atoms with Crippen LogP contribution in [0.2, 0.25) is 0 Å². The van der Waals surface area contributed by atoms with E-state index in [1.165, 1.54) is 14.5 Å². The summed E-state index contributed by atoms with van der Waals surface area (Å²) in [5.74, 6) is -0.934. The normalized spacial score (nSPS) is 16.3. The second-order valence-corrected chi connectivity index (χ2v) is 14.4. The van der Waals surface area contributed by atoms with Gasteiger partial charge in [-0.15, -0.1) is 0 Å². The molecule has 10 heteroatoms. The van der Waals surface area contributed by atoms with Gasteiger partial charge in [-0.05, 0) is 48.4 Å². The van der Waals surface area contributed by atoms with Crippen LogP contribution in [0.4, 0.5) is 11.4 Å². The second-order valence-electron chi connectivity index (χ2n) is 12.3. The molecular formula is C39H40N4O4S2. The topological polar surface area (TPSA) is 79.9 Å². The average Bonchev–Trinajstić information content (AvgIpc) is 3.64. The number of unbranched alkanes of at least 4 members (excludes halogenated alkanes) is 1. The molecule has 49 heavy (non-hydrogen) atoms. The van der Waals surface area contributed by atoms with Gasteiger partial charge in [-0.2, -0.15) is 0 Å². The Bertz CT molecular complexity index is 2260. The highest BCUT2D eigenvalue weighted by atomic mass is 32.2. The number of ether oxygens (including phenoxy) is 1. The van der Waals surface area contributed by atoms with E-state index in [1.54, 1.807) is 30.6 Å². The monoisotopic (exact) mass is 692 g/mol. The zero-order valence-electron chi connectivity index (χ0n) is 28.2. The van der Waals surface area contributed by atoms with E-state index in [9.17, 15) is 14.7 Å². The molecule has 0 aliphatic carbocycles. The minimum absolute atomic E-state index is 0.0901. The number of benzene rings is 4. The lowest BCUT2D eigenvalue weighted by Gasteiger charge is -2.23. The van der Waals surface area contributed by atoms with Crippen molar-refractivity contribution >= 4 is 56.4 Å². The number of allylic oxidation sites excluding steroid dienone is 2. The van der Waals surface area contributed by atoms with Gasteiger partial charge in [-0.25, -0.2) is 4.79 Å². The van der Waals surface area contributed by atoms with E-state index in [4.69, 9.17) is 4.74 Å². The van der Waals surface area contributed by atoms with E-state index in [0.29, 0.717) is 13.0 Å². The van der Waals surface area contributed by atoms with Crippen LogP contribution in [0.15, 0.2) is 114 Å². The molecule has 1 atom stereocenters. The lowest BCUT2D eigenvalue weighted by molar-refractivity contribution is 0.183. The maximum absolute atomic E-state index is 14.4. The maximum Gasteiger partial charge on any atom is 0.333 e. The number of aromatic hydroxyl groups is 1. The molecule has 0 bridgehead atoms. The summed E-state index contributed by atoms with van der Waals surface area (Å²) in [5.41, 5.74) is 1.41. The second kappa shape index (κ2) is 13.9. The fraction of sp³-hybridized carbons (Fsp3) is 0.282. The average molecular weight is 693 g/mol. The zero-order chi connectivity index (χ0) is 34.2. The molecule has 0 amide bonds. The van der Waals surface area contributed by atoms with Crippen LogP contribution in [0.25, 0.3) is 21.5 Å².